The van der Waals surface area contributed by atoms with E-state index in [1.807, 2.05) is 25.2 Å². The molecule has 0 fully saturated rings. The van der Waals surface area contributed by atoms with Crippen LogP contribution in [0.1, 0.15) is 17.4 Å². The predicted molar refractivity (Wildman–Crippen MR) is 82.6 cm³/mol. The Labute approximate surface area is 129 Å². The van der Waals surface area contributed by atoms with Crippen LogP contribution in [0.5, 0.6) is 5.75 Å². The fraction of sp³-hybridized carbons (Fsp3) is 0.286. The van der Waals surface area contributed by atoms with Crippen molar-refractivity contribution in [1.29, 1.82) is 0 Å². The average molecular weight is 389 g/mol. The van der Waals surface area contributed by atoms with Gasteiger partial charge in [0.2, 0.25) is 0 Å². The Morgan fingerprint density at radius 1 is 1.26 bits per heavy atom. The summed E-state index contributed by atoms with van der Waals surface area (Å²) in [6, 6.07) is 10.1. The topological polar surface area (TPSA) is 34.4 Å². The Kier molecular flexibility index (Phi) is 5.07. The number of likely N-dealkylation sites (N-methyl/N-ethyl adjacent to an activating group) is 1. The van der Waals surface area contributed by atoms with E-state index in [4.69, 9.17) is 9.15 Å². The summed E-state index contributed by atoms with van der Waals surface area (Å²) in [4.78, 5) is 0. The molecule has 1 unspecified atom stereocenters. The van der Waals surface area contributed by atoms with Crippen molar-refractivity contribution in [3.63, 3.8) is 0 Å². The zero-order chi connectivity index (χ0) is 13.8. The minimum Gasteiger partial charge on any atom is -0.496 e. The van der Waals surface area contributed by atoms with Crippen LogP contribution in [0.2, 0.25) is 0 Å². The summed E-state index contributed by atoms with van der Waals surface area (Å²) in [5.74, 6) is 1.76. The number of hydrogen-bond acceptors (Lipinski definition) is 3. The van der Waals surface area contributed by atoms with Crippen LogP contribution >= 0.6 is 31.9 Å². The molecular formula is C14H15Br2NO2. The van der Waals surface area contributed by atoms with E-state index in [0.29, 0.717) is 0 Å². The molecule has 0 aliphatic heterocycles. The van der Waals surface area contributed by atoms with Gasteiger partial charge in [-0.25, -0.2) is 0 Å². The molecule has 2 aromatic rings. The largest absolute Gasteiger partial charge is 0.496 e. The van der Waals surface area contributed by atoms with E-state index in [0.717, 1.165) is 27.1 Å². The van der Waals surface area contributed by atoms with Crippen LogP contribution in [0.25, 0.3) is 0 Å². The summed E-state index contributed by atoms with van der Waals surface area (Å²) in [6.45, 7) is 0. The van der Waals surface area contributed by atoms with E-state index in [1.165, 1.54) is 5.56 Å². The molecule has 5 heteroatoms. The quantitative estimate of drug-likeness (QED) is 0.828. The highest BCUT2D eigenvalue weighted by molar-refractivity contribution is 9.10. The first-order chi connectivity index (χ1) is 9.13. The first-order valence-electron chi connectivity index (χ1n) is 5.89. The zero-order valence-corrected chi connectivity index (χ0v) is 13.9. The van der Waals surface area contributed by atoms with Gasteiger partial charge in [-0.15, -0.1) is 0 Å². The number of furan rings is 1. The van der Waals surface area contributed by atoms with Crippen molar-refractivity contribution in [3.8, 4) is 5.75 Å². The fourth-order valence-electron chi connectivity index (χ4n) is 1.93. The highest BCUT2D eigenvalue weighted by Crippen LogP contribution is 2.28. The third-order valence-corrected chi connectivity index (χ3v) is 3.99. The lowest BCUT2D eigenvalue weighted by molar-refractivity contribution is 0.410. The van der Waals surface area contributed by atoms with Gasteiger partial charge >= 0.3 is 0 Å². The second kappa shape index (κ2) is 6.59. The molecule has 1 heterocycles. The molecule has 19 heavy (non-hydrogen) atoms. The number of hydrogen-bond donors (Lipinski definition) is 1. The van der Waals surface area contributed by atoms with Crippen molar-refractivity contribution >= 4 is 31.9 Å². The van der Waals surface area contributed by atoms with Crippen LogP contribution in [0.15, 0.2) is 43.9 Å². The highest BCUT2D eigenvalue weighted by atomic mass is 79.9. The molecule has 1 aromatic heterocycles. The van der Waals surface area contributed by atoms with Gasteiger partial charge in [0, 0.05) is 0 Å². The number of benzene rings is 1. The molecule has 0 bridgehead atoms. The Balaban J connectivity index is 2.16. The maximum absolute atomic E-state index is 5.60. The average Bonchev–Trinajstić information content (AvgIpc) is 2.82. The second-order valence-electron chi connectivity index (χ2n) is 4.16. The molecule has 1 N–H and O–H groups in total. The van der Waals surface area contributed by atoms with Gasteiger partial charge in [-0.3, -0.25) is 0 Å². The van der Waals surface area contributed by atoms with E-state index in [1.54, 1.807) is 7.11 Å². The van der Waals surface area contributed by atoms with E-state index in [-0.39, 0.29) is 6.04 Å². The monoisotopic (exact) mass is 387 g/mol. The molecule has 1 atom stereocenters. The van der Waals surface area contributed by atoms with Gasteiger partial charge in [0.25, 0.3) is 0 Å². The van der Waals surface area contributed by atoms with E-state index in [9.17, 15) is 0 Å². The molecule has 3 nitrogen and oxygen atoms in total. The molecule has 0 spiro atoms. The van der Waals surface area contributed by atoms with Crippen molar-refractivity contribution < 1.29 is 9.15 Å². The number of nitrogens with one attached hydrogen (secondary N) is 1. The third-order valence-electron chi connectivity index (χ3n) is 2.94. The SMILES string of the molecule is CNC(Cc1ccc(OC)c(Br)c1)c1ccc(Br)o1. The summed E-state index contributed by atoms with van der Waals surface area (Å²) in [5, 5.41) is 3.27. The van der Waals surface area contributed by atoms with Gasteiger partial charge in [0.15, 0.2) is 4.67 Å². The standard InChI is InChI=1S/C14H15Br2NO2/c1-17-11(13-5-6-14(16)19-13)8-9-3-4-12(18-2)10(15)7-9/h3-7,11,17H,8H2,1-2H3. The van der Waals surface area contributed by atoms with Crippen molar-refractivity contribution in [1.82, 2.24) is 5.32 Å². The lowest BCUT2D eigenvalue weighted by atomic mass is 10.0. The molecule has 0 aliphatic carbocycles. The molecule has 0 radical (unpaired) electrons. The van der Waals surface area contributed by atoms with Crippen molar-refractivity contribution in [2.75, 3.05) is 14.2 Å². The van der Waals surface area contributed by atoms with Crippen LogP contribution in [-0.2, 0) is 6.42 Å². The van der Waals surface area contributed by atoms with Gasteiger partial charge < -0.3 is 14.5 Å². The van der Waals surface area contributed by atoms with Crippen molar-refractivity contribution in [3.05, 3.63) is 50.8 Å². The normalized spacial score (nSPS) is 12.4. The molecule has 0 amide bonds. The van der Waals surface area contributed by atoms with Crippen LogP contribution in [-0.4, -0.2) is 14.2 Å². The fourth-order valence-corrected chi connectivity index (χ4v) is 2.84. The zero-order valence-electron chi connectivity index (χ0n) is 10.7. The van der Waals surface area contributed by atoms with Crippen LogP contribution in [0.4, 0.5) is 0 Å². The van der Waals surface area contributed by atoms with E-state index < -0.39 is 0 Å². The van der Waals surface area contributed by atoms with Gasteiger partial charge in [0.1, 0.15) is 11.5 Å². The summed E-state index contributed by atoms with van der Waals surface area (Å²) in [5.41, 5.74) is 1.21. The summed E-state index contributed by atoms with van der Waals surface area (Å²) in [7, 11) is 3.59. The first-order valence-corrected chi connectivity index (χ1v) is 7.47. The van der Waals surface area contributed by atoms with Crippen LogP contribution in [0.3, 0.4) is 0 Å². The minimum absolute atomic E-state index is 0.145. The van der Waals surface area contributed by atoms with Gasteiger partial charge in [-0.1, -0.05) is 6.07 Å². The maximum atomic E-state index is 5.60. The smallest absolute Gasteiger partial charge is 0.169 e. The predicted octanol–water partition coefficient (Wildman–Crippen LogP) is 4.32. The Morgan fingerprint density at radius 2 is 2.05 bits per heavy atom. The van der Waals surface area contributed by atoms with Gasteiger partial charge in [-0.2, -0.15) is 0 Å². The molecule has 2 rings (SSSR count). The first kappa shape index (κ1) is 14.6. The number of rotatable bonds is 5. The molecular weight excluding hydrogens is 374 g/mol. The van der Waals surface area contributed by atoms with Crippen LogP contribution < -0.4 is 10.1 Å². The number of ether oxygens (including phenoxy) is 1. The van der Waals surface area contributed by atoms with Crippen molar-refractivity contribution in [2.24, 2.45) is 0 Å². The van der Waals surface area contributed by atoms with Crippen molar-refractivity contribution in [2.45, 2.75) is 12.5 Å². The molecule has 0 saturated heterocycles. The van der Waals surface area contributed by atoms with E-state index >= 15 is 0 Å². The highest BCUT2D eigenvalue weighted by Gasteiger charge is 2.14. The molecule has 102 valence electrons. The lowest BCUT2D eigenvalue weighted by Crippen LogP contribution is -2.18. The molecule has 1 aromatic carbocycles. The van der Waals surface area contributed by atoms with Gasteiger partial charge in [-0.05, 0) is 75.2 Å². The lowest BCUT2D eigenvalue weighted by Gasteiger charge is -2.14. The molecule has 0 aliphatic rings. The van der Waals surface area contributed by atoms with Crippen LogP contribution in [0, 0.1) is 0 Å². The Morgan fingerprint density at radius 3 is 2.58 bits per heavy atom. The van der Waals surface area contributed by atoms with E-state index in [2.05, 4.69) is 49.3 Å². The Hall–Kier alpha value is -0.780. The number of methoxy groups -OCH3 is 1. The maximum Gasteiger partial charge on any atom is 0.169 e. The minimum atomic E-state index is 0.145. The summed E-state index contributed by atoms with van der Waals surface area (Å²) >= 11 is 6.83. The summed E-state index contributed by atoms with van der Waals surface area (Å²) < 4.78 is 12.5. The Bertz CT molecular complexity index is 554. The second-order valence-corrected chi connectivity index (χ2v) is 5.79. The summed E-state index contributed by atoms with van der Waals surface area (Å²) in [6.07, 6.45) is 0.846. The van der Waals surface area contributed by atoms with Gasteiger partial charge in [0.05, 0.1) is 17.6 Å². The molecule has 0 saturated carbocycles. The number of halogens is 2. The third kappa shape index (κ3) is 3.61.